The largest absolute Gasteiger partial charge is 0.379 e. The van der Waals surface area contributed by atoms with Crippen molar-refractivity contribution in [1.82, 2.24) is 5.32 Å². The predicted molar refractivity (Wildman–Crippen MR) is 60.8 cm³/mol. The van der Waals surface area contributed by atoms with Crippen LogP contribution in [0.1, 0.15) is 12.8 Å². The second-order valence-corrected chi connectivity index (χ2v) is 5.43. The molecule has 15 heavy (non-hydrogen) atoms. The Kier molecular flexibility index (Phi) is 3.88. The van der Waals surface area contributed by atoms with Crippen molar-refractivity contribution >= 4 is 17.7 Å². The number of carbonyl (C=O) groups is 1. The molecule has 0 aromatic carbocycles. The summed E-state index contributed by atoms with van der Waals surface area (Å²) in [7, 11) is 0. The SMILES string of the molecule is NC1COCC1C(=O)NC1CCSCC1. The standard InChI is InChI=1S/C10H18N2O2S/c11-9-6-14-5-8(9)10(13)12-7-1-3-15-4-2-7/h7-9H,1-6,11H2,(H,12,13). The molecule has 0 aromatic heterocycles. The minimum absolute atomic E-state index is 0.0805. The molecule has 2 aliphatic heterocycles. The molecule has 0 aliphatic carbocycles. The van der Waals surface area contributed by atoms with Gasteiger partial charge in [0, 0.05) is 12.1 Å². The number of nitrogens with two attached hydrogens (primary N) is 1. The van der Waals surface area contributed by atoms with Crippen LogP contribution in [0, 0.1) is 5.92 Å². The molecule has 5 heteroatoms. The molecular formula is C10H18N2O2S. The monoisotopic (exact) mass is 230 g/mol. The Bertz CT molecular complexity index is 231. The van der Waals surface area contributed by atoms with Gasteiger partial charge in [-0.2, -0.15) is 11.8 Å². The minimum atomic E-state index is -0.139. The van der Waals surface area contributed by atoms with Crippen molar-refractivity contribution in [3.63, 3.8) is 0 Å². The van der Waals surface area contributed by atoms with Crippen LogP contribution in [0.3, 0.4) is 0 Å². The van der Waals surface area contributed by atoms with Crippen LogP contribution in [0.15, 0.2) is 0 Å². The van der Waals surface area contributed by atoms with Crippen molar-refractivity contribution in [2.24, 2.45) is 11.7 Å². The van der Waals surface area contributed by atoms with Crippen LogP contribution in [-0.2, 0) is 9.53 Å². The number of carbonyl (C=O) groups excluding carboxylic acids is 1. The number of nitrogens with one attached hydrogen (secondary N) is 1. The fourth-order valence-corrected chi connectivity index (χ4v) is 3.10. The molecule has 0 bridgehead atoms. The van der Waals surface area contributed by atoms with Gasteiger partial charge in [-0.1, -0.05) is 0 Å². The van der Waals surface area contributed by atoms with Crippen LogP contribution in [-0.4, -0.2) is 42.7 Å². The van der Waals surface area contributed by atoms with Gasteiger partial charge in [-0.15, -0.1) is 0 Å². The van der Waals surface area contributed by atoms with Gasteiger partial charge in [-0.05, 0) is 24.3 Å². The Morgan fingerprint density at radius 1 is 1.33 bits per heavy atom. The molecule has 2 fully saturated rings. The first kappa shape index (κ1) is 11.2. The lowest BCUT2D eigenvalue weighted by Crippen LogP contribution is -2.46. The Labute approximate surface area is 94.3 Å². The molecule has 2 unspecified atom stereocenters. The second kappa shape index (κ2) is 5.18. The Hall–Kier alpha value is -0.260. The van der Waals surface area contributed by atoms with E-state index >= 15 is 0 Å². The van der Waals surface area contributed by atoms with Crippen molar-refractivity contribution in [3.05, 3.63) is 0 Å². The van der Waals surface area contributed by atoms with Gasteiger partial charge >= 0.3 is 0 Å². The third kappa shape index (κ3) is 2.86. The van der Waals surface area contributed by atoms with Crippen molar-refractivity contribution in [1.29, 1.82) is 0 Å². The average molecular weight is 230 g/mol. The van der Waals surface area contributed by atoms with Crippen LogP contribution >= 0.6 is 11.8 Å². The molecule has 2 atom stereocenters. The molecule has 2 aliphatic rings. The Morgan fingerprint density at radius 3 is 2.67 bits per heavy atom. The third-order valence-corrected chi connectivity index (χ3v) is 4.08. The smallest absolute Gasteiger partial charge is 0.227 e. The van der Waals surface area contributed by atoms with Crippen molar-refractivity contribution in [3.8, 4) is 0 Å². The van der Waals surface area contributed by atoms with Crippen LogP contribution in [0.5, 0.6) is 0 Å². The van der Waals surface area contributed by atoms with Gasteiger partial charge in [0.05, 0.1) is 19.1 Å². The van der Waals surface area contributed by atoms with Gasteiger partial charge in [0.25, 0.3) is 0 Å². The zero-order valence-electron chi connectivity index (χ0n) is 8.78. The van der Waals surface area contributed by atoms with E-state index in [1.807, 2.05) is 11.8 Å². The van der Waals surface area contributed by atoms with Crippen LogP contribution in [0.2, 0.25) is 0 Å². The summed E-state index contributed by atoms with van der Waals surface area (Å²) in [6.45, 7) is 0.993. The van der Waals surface area contributed by atoms with Gasteiger partial charge in [-0.25, -0.2) is 0 Å². The van der Waals surface area contributed by atoms with E-state index < -0.39 is 0 Å². The fraction of sp³-hybridized carbons (Fsp3) is 0.900. The lowest BCUT2D eigenvalue weighted by molar-refractivity contribution is -0.126. The molecule has 0 spiro atoms. The lowest BCUT2D eigenvalue weighted by Gasteiger charge is -2.24. The van der Waals surface area contributed by atoms with Gasteiger partial charge in [-0.3, -0.25) is 4.79 Å². The molecule has 3 N–H and O–H groups in total. The summed E-state index contributed by atoms with van der Waals surface area (Å²) in [5.41, 5.74) is 5.80. The highest BCUT2D eigenvalue weighted by Gasteiger charge is 2.32. The summed E-state index contributed by atoms with van der Waals surface area (Å²) >= 11 is 1.96. The number of hydrogen-bond acceptors (Lipinski definition) is 4. The van der Waals surface area contributed by atoms with Crippen molar-refractivity contribution < 1.29 is 9.53 Å². The van der Waals surface area contributed by atoms with Gasteiger partial charge in [0.2, 0.25) is 5.91 Å². The van der Waals surface area contributed by atoms with Gasteiger partial charge in [0.1, 0.15) is 0 Å². The number of ether oxygens (including phenoxy) is 1. The number of amides is 1. The molecule has 4 nitrogen and oxygen atoms in total. The van der Waals surface area contributed by atoms with E-state index in [0.717, 1.165) is 24.3 Å². The Morgan fingerprint density at radius 2 is 2.07 bits per heavy atom. The first-order valence-corrected chi connectivity index (χ1v) is 6.64. The summed E-state index contributed by atoms with van der Waals surface area (Å²) in [4.78, 5) is 11.8. The van der Waals surface area contributed by atoms with Gasteiger partial charge < -0.3 is 15.8 Å². The topological polar surface area (TPSA) is 64.3 Å². The predicted octanol–water partition coefficient (Wildman–Crippen LogP) is -0.0281. The molecule has 0 saturated carbocycles. The Balaban J connectivity index is 1.80. The van der Waals surface area contributed by atoms with E-state index in [1.165, 1.54) is 0 Å². The third-order valence-electron chi connectivity index (χ3n) is 3.03. The normalized spacial score (nSPS) is 32.9. The first-order valence-electron chi connectivity index (χ1n) is 5.49. The molecule has 0 radical (unpaired) electrons. The fourth-order valence-electron chi connectivity index (χ4n) is 1.99. The highest BCUT2D eigenvalue weighted by atomic mass is 32.2. The van der Waals surface area contributed by atoms with E-state index in [4.69, 9.17) is 10.5 Å². The van der Waals surface area contributed by atoms with Crippen LogP contribution in [0.25, 0.3) is 0 Å². The zero-order valence-corrected chi connectivity index (χ0v) is 9.59. The zero-order chi connectivity index (χ0) is 10.7. The lowest BCUT2D eigenvalue weighted by atomic mass is 10.0. The average Bonchev–Trinajstić information content (AvgIpc) is 2.66. The van der Waals surface area contributed by atoms with Crippen LogP contribution < -0.4 is 11.1 Å². The van der Waals surface area contributed by atoms with Crippen molar-refractivity contribution in [2.75, 3.05) is 24.7 Å². The van der Waals surface area contributed by atoms with E-state index in [9.17, 15) is 4.79 Å². The highest BCUT2D eigenvalue weighted by molar-refractivity contribution is 7.99. The van der Waals surface area contributed by atoms with E-state index in [1.54, 1.807) is 0 Å². The molecule has 1 amide bonds. The maximum absolute atomic E-state index is 11.8. The minimum Gasteiger partial charge on any atom is -0.379 e. The molecule has 86 valence electrons. The second-order valence-electron chi connectivity index (χ2n) is 4.20. The molecule has 2 rings (SSSR count). The maximum atomic E-state index is 11.8. The van der Waals surface area contributed by atoms with Crippen LogP contribution in [0.4, 0.5) is 0 Å². The summed E-state index contributed by atoms with van der Waals surface area (Å²) in [5.74, 6) is 2.24. The summed E-state index contributed by atoms with van der Waals surface area (Å²) < 4.78 is 5.19. The highest BCUT2D eigenvalue weighted by Crippen LogP contribution is 2.18. The van der Waals surface area contributed by atoms with Gasteiger partial charge in [0.15, 0.2) is 0 Å². The number of hydrogen-bond donors (Lipinski definition) is 2. The number of rotatable bonds is 2. The summed E-state index contributed by atoms with van der Waals surface area (Å²) in [6, 6.07) is 0.231. The number of thioether (sulfide) groups is 1. The molecular weight excluding hydrogens is 212 g/mol. The maximum Gasteiger partial charge on any atom is 0.227 e. The summed E-state index contributed by atoms with van der Waals surface area (Å²) in [6.07, 6.45) is 2.17. The molecule has 2 saturated heterocycles. The first-order chi connectivity index (χ1) is 7.27. The van der Waals surface area contributed by atoms with E-state index in [2.05, 4.69) is 5.32 Å². The van der Waals surface area contributed by atoms with Crippen molar-refractivity contribution in [2.45, 2.75) is 24.9 Å². The molecule has 2 heterocycles. The molecule has 0 aromatic rings. The van der Waals surface area contributed by atoms with E-state index in [-0.39, 0.29) is 17.9 Å². The summed E-state index contributed by atoms with van der Waals surface area (Å²) in [5, 5.41) is 3.08. The quantitative estimate of drug-likeness (QED) is 0.699. The van der Waals surface area contributed by atoms with E-state index in [0.29, 0.717) is 19.3 Å².